The normalized spacial score (nSPS) is 10.4. The second-order valence-electron chi connectivity index (χ2n) is 9.56. The van der Waals surface area contributed by atoms with E-state index >= 15 is 0 Å². The maximum atomic E-state index is 12.1. The number of pyridine rings is 2. The fourth-order valence-corrected chi connectivity index (χ4v) is 5.32. The van der Waals surface area contributed by atoms with Crippen molar-refractivity contribution in [1.29, 1.82) is 0 Å². The number of carbonyl (C=O) groups excluding carboxylic acids is 2. The molecule has 6 rings (SSSR count). The van der Waals surface area contributed by atoms with Crippen LogP contribution in [-0.2, 0) is 15.9 Å². The molecule has 4 N–H and O–H groups in total. The van der Waals surface area contributed by atoms with Gasteiger partial charge in [0.05, 0.1) is 47.4 Å². The zero-order chi connectivity index (χ0) is 34.1. The van der Waals surface area contributed by atoms with Crippen molar-refractivity contribution in [2.45, 2.75) is 13.3 Å². The summed E-state index contributed by atoms with van der Waals surface area (Å²) in [7, 11) is 3.03. The Hall–Kier alpha value is -4.64. The molecule has 6 aromatic rings. The number of nitrogens with one attached hydrogen (secondary N) is 2. The third kappa shape index (κ3) is 8.21. The summed E-state index contributed by atoms with van der Waals surface area (Å²) in [4.78, 5) is 31.9. The summed E-state index contributed by atoms with van der Waals surface area (Å²) in [6.07, 6.45) is 4.08. The lowest BCUT2D eigenvalue weighted by molar-refractivity contribution is 0.0587. The number of halogens is 2. The van der Waals surface area contributed by atoms with E-state index in [1.165, 1.54) is 14.2 Å². The highest BCUT2D eigenvalue weighted by Gasteiger charge is 2.22. The molecule has 2 aromatic carbocycles. The van der Waals surface area contributed by atoms with Gasteiger partial charge < -0.3 is 24.8 Å². The molecule has 4 aromatic heterocycles. The van der Waals surface area contributed by atoms with Crippen LogP contribution in [0.4, 0.5) is 5.82 Å². The van der Waals surface area contributed by atoms with Gasteiger partial charge in [-0.25, -0.2) is 19.3 Å². The highest BCUT2D eigenvalue weighted by Crippen LogP contribution is 2.27. The minimum atomic E-state index is -1.38. The third-order valence-electron chi connectivity index (χ3n) is 6.68. The quantitative estimate of drug-likeness (QED) is 0.139. The first-order valence-electron chi connectivity index (χ1n) is 14.0. The van der Waals surface area contributed by atoms with E-state index in [0.717, 1.165) is 36.7 Å². The molecule has 13 nitrogen and oxygen atoms in total. The van der Waals surface area contributed by atoms with Gasteiger partial charge >= 0.3 is 19.1 Å². The lowest BCUT2D eigenvalue weighted by atomic mass is 9.81. The first kappa shape index (κ1) is 35.2. The Morgan fingerprint density at radius 1 is 0.915 bits per heavy atom. The van der Waals surface area contributed by atoms with Crippen LogP contribution < -0.4 is 10.8 Å². The first-order chi connectivity index (χ1) is 22.6. The molecule has 242 valence electrons. The molecule has 47 heavy (non-hydrogen) atoms. The lowest BCUT2D eigenvalue weighted by Crippen LogP contribution is -2.29. The molecule has 0 fully saturated rings. The van der Waals surface area contributed by atoms with Crippen molar-refractivity contribution in [3.05, 3.63) is 99.1 Å². The number of rotatable bonds is 6. The molecule has 0 bridgehead atoms. The van der Waals surface area contributed by atoms with E-state index in [0.29, 0.717) is 28.8 Å². The van der Waals surface area contributed by atoms with Gasteiger partial charge in [-0.2, -0.15) is 10.2 Å². The molecule has 0 aliphatic rings. The Balaban J connectivity index is 0.000000173. The fourth-order valence-electron chi connectivity index (χ4n) is 4.51. The number of aromatic nitrogens is 6. The van der Waals surface area contributed by atoms with Gasteiger partial charge in [0.2, 0.25) is 0 Å². The molecule has 0 spiro atoms. The van der Waals surface area contributed by atoms with Crippen LogP contribution in [0.5, 0.6) is 0 Å². The van der Waals surface area contributed by atoms with Gasteiger partial charge in [-0.15, -0.1) is 0 Å². The number of hydrogen-bond donors (Lipinski definition) is 4. The molecule has 16 heteroatoms. The van der Waals surface area contributed by atoms with Gasteiger partial charge in [0, 0.05) is 28.4 Å². The van der Waals surface area contributed by atoms with E-state index < -0.39 is 19.1 Å². The SMILES string of the molecule is CCc1nccc2c1c(C(=O)OC)nn2-c1cccc(Br)c1.CNc1nccc2[nH]nc(C(=O)OC)c12.OB(O)c1cccc(Br)c1. The topological polar surface area (TPSA) is 177 Å². The van der Waals surface area contributed by atoms with Crippen molar-refractivity contribution < 1.29 is 29.1 Å². The van der Waals surface area contributed by atoms with E-state index in [2.05, 4.69) is 67.2 Å². The van der Waals surface area contributed by atoms with E-state index in [-0.39, 0.29) is 5.69 Å². The van der Waals surface area contributed by atoms with Gasteiger partial charge in [0.15, 0.2) is 11.4 Å². The smallest absolute Gasteiger partial charge is 0.464 e. The van der Waals surface area contributed by atoms with Crippen molar-refractivity contribution in [2.24, 2.45) is 0 Å². The van der Waals surface area contributed by atoms with E-state index in [1.54, 1.807) is 48.4 Å². The number of methoxy groups -OCH3 is 2. The van der Waals surface area contributed by atoms with Crippen LogP contribution in [0.2, 0.25) is 0 Å². The van der Waals surface area contributed by atoms with E-state index in [4.69, 9.17) is 14.8 Å². The highest BCUT2D eigenvalue weighted by atomic mass is 79.9. The van der Waals surface area contributed by atoms with Gasteiger partial charge in [0.1, 0.15) is 5.82 Å². The first-order valence-corrected chi connectivity index (χ1v) is 15.6. The van der Waals surface area contributed by atoms with Crippen molar-refractivity contribution >= 4 is 84.0 Å². The number of anilines is 1. The molecule has 0 aliphatic heterocycles. The zero-order valence-electron chi connectivity index (χ0n) is 25.7. The molecule has 0 saturated heterocycles. The number of esters is 2. The standard InChI is InChI=1S/C16H14BrN3O2.C9H10N4O2.C6H6BBrO2/c1-3-12-14-13(7-8-18-12)20(19-15(14)16(21)22-2)11-6-4-5-10(17)9-11;1-10-8-6-5(3-4-11-8)12-13-7(6)9(14)15-2;8-6-3-1-2-5(4-6)7(9)10/h4-9H,3H2,1-2H3;3-4H,1-2H3,(H,10,11)(H,12,13);1-4,9-10H. The second kappa shape index (κ2) is 16.3. The number of aromatic amines is 1. The second-order valence-corrected chi connectivity index (χ2v) is 11.4. The lowest BCUT2D eigenvalue weighted by Gasteiger charge is -2.04. The average molecular weight is 767 g/mol. The number of H-pyrrole nitrogens is 1. The van der Waals surface area contributed by atoms with Gasteiger partial charge in [-0.3, -0.25) is 10.1 Å². The Morgan fingerprint density at radius 3 is 2.17 bits per heavy atom. The summed E-state index contributed by atoms with van der Waals surface area (Å²) in [5.41, 5.74) is 4.31. The number of ether oxygens (including phenoxy) is 2. The van der Waals surface area contributed by atoms with Crippen molar-refractivity contribution in [3.8, 4) is 5.69 Å². The van der Waals surface area contributed by atoms with Crippen molar-refractivity contribution in [2.75, 3.05) is 26.6 Å². The molecule has 4 heterocycles. The van der Waals surface area contributed by atoms with Gasteiger partial charge in [-0.1, -0.05) is 57.0 Å². The number of benzene rings is 2. The third-order valence-corrected chi connectivity index (χ3v) is 7.66. The summed E-state index contributed by atoms with van der Waals surface area (Å²) >= 11 is 6.66. The minimum absolute atomic E-state index is 0.241. The Labute approximate surface area is 286 Å². The molecule has 0 radical (unpaired) electrons. The predicted molar refractivity (Wildman–Crippen MR) is 186 cm³/mol. The molecule has 0 saturated carbocycles. The largest absolute Gasteiger partial charge is 0.488 e. The number of carbonyl (C=O) groups is 2. The average Bonchev–Trinajstić information content (AvgIpc) is 3.71. The predicted octanol–water partition coefficient (Wildman–Crippen LogP) is 4.45. The van der Waals surface area contributed by atoms with Gasteiger partial charge in [-0.05, 0) is 54.3 Å². The summed E-state index contributed by atoms with van der Waals surface area (Å²) < 4.78 is 13.0. The summed E-state index contributed by atoms with van der Waals surface area (Å²) in [6, 6.07) is 18.2. The van der Waals surface area contributed by atoms with Crippen LogP contribution in [0.1, 0.15) is 33.6 Å². The zero-order valence-corrected chi connectivity index (χ0v) is 28.9. The molecule has 0 aliphatic carbocycles. The maximum Gasteiger partial charge on any atom is 0.488 e. The fraction of sp³-hybridized carbons (Fsp3) is 0.161. The van der Waals surface area contributed by atoms with Gasteiger partial charge in [0.25, 0.3) is 0 Å². The van der Waals surface area contributed by atoms with Crippen LogP contribution in [0, 0.1) is 0 Å². The van der Waals surface area contributed by atoms with Crippen LogP contribution >= 0.6 is 31.9 Å². The van der Waals surface area contributed by atoms with Crippen LogP contribution in [0.15, 0.2) is 82.0 Å². The van der Waals surface area contributed by atoms with Crippen molar-refractivity contribution in [3.63, 3.8) is 0 Å². The van der Waals surface area contributed by atoms with Crippen molar-refractivity contribution in [1.82, 2.24) is 29.9 Å². The molecular formula is C31H30BBr2N7O6. The Kier molecular flexibility index (Phi) is 12.2. The monoisotopic (exact) mass is 765 g/mol. The Morgan fingerprint density at radius 2 is 1.57 bits per heavy atom. The maximum absolute atomic E-state index is 12.1. The van der Waals surface area contributed by atoms with Crippen LogP contribution in [0.25, 0.3) is 27.5 Å². The summed E-state index contributed by atoms with van der Waals surface area (Å²) in [5.74, 6) is -0.339. The molecule has 0 atom stereocenters. The van der Waals surface area contributed by atoms with Crippen LogP contribution in [0.3, 0.4) is 0 Å². The number of fused-ring (bicyclic) bond motifs is 2. The summed E-state index contributed by atoms with van der Waals surface area (Å²) in [5, 5.41) is 32.8. The number of nitrogens with zero attached hydrogens (tertiary/aromatic N) is 5. The molecule has 0 unspecified atom stereocenters. The minimum Gasteiger partial charge on any atom is -0.464 e. The van der Waals surface area contributed by atoms with Crippen LogP contribution in [-0.4, -0.2) is 80.3 Å². The number of aryl methyl sites for hydroxylation is 1. The van der Waals surface area contributed by atoms with E-state index in [1.807, 2.05) is 43.3 Å². The summed E-state index contributed by atoms with van der Waals surface area (Å²) in [6.45, 7) is 2.00. The number of hydrogen-bond acceptors (Lipinski definition) is 11. The van der Waals surface area contributed by atoms with E-state index in [9.17, 15) is 9.59 Å². The highest BCUT2D eigenvalue weighted by molar-refractivity contribution is 9.10. The molecule has 0 amide bonds. The Bertz CT molecular complexity index is 2020. The molecular weight excluding hydrogens is 737 g/mol.